The Morgan fingerprint density at radius 1 is 1.03 bits per heavy atom. The molecule has 0 bridgehead atoms. The van der Waals surface area contributed by atoms with Gasteiger partial charge < -0.3 is 8.92 Å². The van der Waals surface area contributed by atoms with Gasteiger partial charge in [0.05, 0.1) is 15.9 Å². The molecule has 1 aliphatic heterocycles. The van der Waals surface area contributed by atoms with E-state index in [1.165, 1.54) is 36.4 Å². The smallest absolute Gasteiger partial charge is 0.339 e. The number of nitrogens with one attached hydrogen (secondary N) is 1. The molecule has 39 heavy (non-hydrogen) atoms. The molecule has 1 N–H and O–H groups in total. The van der Waals surface area contributed by atoms with E-state index in [0.717, 1.165) is 10.5 Å². The van der Waals surface area contributed by atoms with E-state index < -0.39 is 28.0 Å². The second kappa shape index (κ2) is 11.4. The molecule has 3 aromatic carbocycles. The molecule has 0 saturated carbocycles. The predicted octanol–water partition coefficient (Wildman–Crippen LogP) is 5.39. The lowest BCUT2D eigenvalue weighted by molar-refractivity contribution is -0.122. The van der Waals surface area contributed by atoms with Crippen LogP contribution in [0.1, 0.15) is 23.6 Å². The molecule has 4 rings (SSSR count). The van der Waals surface area contributed by atoms with Crippen molar-refractivity contribution in [3.63, 3.8) is 0 Å². The number of rotatable bonds is 7. The van der Waals surface area contributed by atoms with E-state index >= 15 is 0 Å². The number of hydrogen-bond acceptors (Lipinski definition) is 7. The number of barbiturate groups is 1. The summed E-state index contributed by atoms with van der Waals surface area (Å²) in [5.74, 6) is -1.67. The van der Waals surface area contributed by atoms with E-state index in [9.17, 15) is 22.8 Å². The van der Waals surface area contributed by atoms with Crippen LogP contribution in [0.2, 0.25) is 5.02 Å². The van der Waals surface area contributed by atoms with Crippen molar-refractivity contribution in [2.45, 2.75) is 25.7 Å². The lowest BCUT2D eigenvalue weighted by Gasteiger charge is -2.27. The molecule has 1 aliphatic rings. The largest absolute Gasteiger partial charge is 0.490 e. The van der Waals surface area contributed by atoms with E-state index in [1.807, 2.05) is 29.5 Å². The molecular weight excluding hydrogens is 659 g/mol. The van der Waals surface area contributed by atoms with Crippen molar-refractivity contribution >= 4 is 73.9 Å². The maximum Gasteiger partial charge on any atom is 0.339 e. The highest BCUT2D eigenvalue weighted by Gasteiger charge is 2.37. The van der Waals surface area contributed by atoms with E-state index in [2.05, 4.69) is 5.32 Å². The molecule has 3 aromatic rings. The Labute approximate surface area is 244 Å². The van der Waals surface area contributed by atoms with Gasteiger partial charge in [-0.1, -0.05) is 35.4 Å². The fraction of sp³-hybridized carbons (Fsp3) is 0.148. The van der Waals surface area contributed by atoms with Crippen LogP contribution < -0.4 is 19.1 Å². The minimum absolute atomic E-state index is 0.0249. The summed E-state index contributed by atoms with van der Waals surface area (Å²) in [6.45, 7) is 5.44. The van der Waals surface area contributed by atoms with Crippen molar-refractivity contribution in [3.8, 4) is 11.5 Å². The zero-order valence-electron chi connectivity index (χ0n) is 20.9. The molecule has 0 atom stereocenters. The van der Waals surface area contributed by atoms with Gasteiger partial charge in [0.2, 0.25) is 0 Å². The minimum atomic E-state index is -4.18. The minimum Gasteiger partial charge on any atom is -0.490 e. The lowest BCUT2D eigenvalue weighted by Crippen LogP contribution is -2.54. The summed E-state index contributed by atoms with van der Waals surface area (Å²) in [6, 6.07) is 13.0. The van der Waals surface area contributed by atoms with Crippen LogP contribution in [0, 0.1) is 17.4 Å². The van der Waals surface area contributed by atoms with Gasteiger partial charge in [0.15, 0.2) is 11.5 Å². The summed E-state index contributed by atoms with van der Waals surface area (Å²) in [7, 11) is -4.18. The van der Waals surface area contributed by atoms with Crippen LogP contribution in [0.3, 0.4) is 0 Å². The quantitative estimate of drug-likeness (QED) is 0.154. The van der Waals surface area contributed by atoms with Crippen molar-refractivity contribution in [3.05, 3.63) is 85.5 Å². The molecule has 9 nitrogen and oxygen atoms in total. The average Bonchev–Trinajstić information content (AvgIpc) is 2.86. The highest BCUT2D eigenvalue weighted by atomic mass is 127. The van der Waals surface area contributed by atoms with Gasteiger partial charge in [0, 0.05) is 5.02 Å². The number of anilines is 1. The average molecular weight is 681 g/mol. The van der Waals surface area contributed by atoms with Crippen molar-refractivity contribution in [1.82, 2.24) is 5.32 Å². The Morgan fingerprint density at radius 3 is 2.38 bits per heavy atom. The molecule has 0 unspecified atom stereocenters. The Balaban J connectivity index is 1.74. The van der Waals surface area contributed by atoms with Crippen LogP contribution in [-0.4, -0.2) is 32.9 Å². The van der Waals surface area contributed by atoms with Crippen molar-refractivity contribution in [2.75, 3.05) is 11.5 Å². The highest BCUT2D eigenvalue weighted by Crippen LogP contribution is 2.37. The number of amides is 4. The van der Waals surface area contributed by atoms with E-state index in [1.54, 1.807) is 38.1 Å². The van der Waals surface area contributed by atoms with Gasteiger partial charge in [-0.05, 0) is 97.0 Å². The number of urea groups is 1. The molecule has 202 valence electrons. The van der Waals surface area contributed by atoms with Crippen LogP contribution in [0.5, 0.6) is 11.5 Å². The predicted molar refractivity (Wildman–Crippen MR) is 155 cm³/mol. The molecule has 0 aliphatic carbocycles. The second-order valence-electron chi connectivity index (χ2n) is 8.50. The van der Waals surface area contributed by atoms with Crippen LogP contribution in [0.25, 0.3) is 6.08 Å². The molecule has 4 amide bonds. The molecule has 1 fully saturated rings. The van der Waals surface area contributed by atoms with E-state index in [-0.39, 0.29) is 34.3 Å². The number of imide groups is 2. The zero-order valence-corrected chi connectivity index (χ0v) is 24.7. The maximum absolute atomic E-state index is 13.3. The number of benzene rings is 3. The number of nitrogens with zero attached hydrogens (tertiary/aromatic N) is 1. The zero-order chi connectivity index (χ0) is 28.5. The van der Waals surface area contributed by atoms with Crippen LogP contribution >= 0.6 is 34.2 Å². The summed E-state index contributed by atoms with van der Waals surface area (Å²) < 4.78 is 37.3. The highest BCUT2D eigenvalue weighted by molar-refractivity contribution is 14.1. The molecule has 12 heteroatoms. The third-order valence-corrected chi connectivity index (χ3v) is 7.93. The van der Waals surface area contributed by atoms with Gasteiger partial charge >= 0.3 is 16.1 Å². The van der Waals surface area contributed by atoms with Gasteiger partial charge in [-0.2, -0.15) is 8.42 Å². The molecule has 1 heterocycles. The fourth-order valence-corrected chi connectivity index (χ4v) is 5.75. The van der Waals surface area contributed by atoms with Crippen LogP contribution in [0.15, 0.2) is 65.1 Å². The first-order valence-corrected chi connectivity index (χ1v) is 14.4. The molecular formula is C27H22ClIN2O7S. The SMILES string of the molecule is CCOc1cc(/C=C2\C(=O)NC(=O)N(c3cc(Cl)ccc3C)C2=O)cc(I)c1OS(=O)(=O)c1ccc(C)cc1. The number of carbonyl (C=O) groups excluding carboxylic acids is 3. The Morgan fingerprint density at radius 2 is 1.72 bits per heavy atom. The van der Waals surface area contributed by atoms with E-state index in [0.29, 0.717) is 19.7 Å². The standard InChI is InChI=1S/C27H22ClIN2O7S/c1-4-37-23-13-17(12-21(29)24(23)38-39(35,36)19-9-5-15(2)6-10-19)11-20-25(32)30-27(34)31(26(20)33)22-14-18(28)8-7-16(22)3/h5-14H,4H2,1-3H3,(H,30,32,34)/b20-11+. The number of halogens is 2. The Kier molecular flexibility index (Phi) is 8.33. The van der Waals surface area contributed by atoms with Crippen molar-refractivity contribution in [2.24, 2.45) is 0 Å². The summed E-state index contributed by atoms with van der Waals surface area (Å²) in [6.07, 6.45) is 1.29. The first-order valence-electron chi connectivity index (χ1n) is 11.6. The van der Waals surface area contributed by atoms with Crippen molar-refractivity contribution in [1.29, 1.82) is 0 Å². The normalized spacial score (nSPS) is 14.9. The van der Waals surface area contributed by atoms with Crippen LogP contribution in [-0.2, 0) is 19.7 Å². The number of ether oxygens (including phenoxy) is 1. The summed E-state index contributed by atoms with van der Waals surface area (Å²) in [5.41, 5.74) is 1.76. The van der Waals surface area contributed by atoms with Crippen LogP contribution in [0.4, 0.5) is 10.5 Å². The van der Waals surface area contributed by atoms with Gasteiger partial charge in [0.25, 0.3) is 11.8 Å². The van der Waals surface area contributed by atoms with Gasteiger partial charge in [-0.25, -0.2) is 9.69 Å². The van der Waals surface area contributed by atoms with Gasteiger partial charge in [0.1, 0.15) is 10.5 Å². The van der Waals surface area contributed by atoms with E-state index in [4.69, 9.17) is 20.5 Å². The fourth-order valence-electron chi connectivity index (χ4n) is 3.74. The summed E-state index contributed by atoms with van der Waals surface area (Å²) in [4.78, 5) is 39.4. The molecule has 0 spiro atoms. The van der Waals surface area contributed by atoms with Gasteiger partial charge in [-0.15, -0.1) is 0 Å². The molecule has 0 radical (unpaired) electrons. The number of hydrogen-bond donors (Lipinski definition) is 1. The summed E-state index contributed by atoms with van der Waals surface area (Å²) >= 11 is 7.96. The number of aryl methyl sites for hydroxylation is 2. The lowest BCUT2D eigenvalue weighted by atomic mass is 10.1. The first-order chi connectivity index (χ1) is 18.4. The maximum atomic E-state index is 13.3. The third-order valence-electron chi connectivity index (χ3n) is 5.66. The molecule has 1 saturated heterocycles. The Bertz CT molecular complexity index is 1640. The summed E-state index contributed by atoms with van der Waals surface area (Å²) in [5, 5.41) is 2.48. The molecule has 0 aromatic heterocycles. The number of carbonyl (C=O) groups is 3. The second-order valence-corrected chi connectivity index (χ2v) is 11.6. The van der Waals surface area contributed by atoms with Crippen molar-refractivity contribution < 1.29 is 31.7 Å². The topological polar surface area (TPSA) is 119 Å². The monoisotopic (exact) mass is 680 g/mol. The third kappa shape index (κ3) is 6.10. The Hall–Kier alpha value is -3.42. The van der Waals surface area contributed by atoms with Gasteiger partial charge in [-0.3, -0.25) is 14.9 Å². The first kappa shape index (κ1) is 28.6.